The van der Waals surface area contributed by atoms with E-state index in [4.69, 9.17) is 4.74 Å². The van der Waals surface area contributed by atoms with E-state index in [1.807, 2.05) is 12.1 Å². The fourth-order valence-corrected chi connectivity index (χ4v) is 2.61. The molecule has 1 aromatic carbocycles. The standard InChI is InChI=1S/C14H19FO/c1-11(2)14(8-3-9-16-10-14)12-4-6-13(15)7-5-12/h4-7,11H,3,8-10H2,1-2H3. The molecule has 0 aliphatic carbocycles. The van der Waals surface area contributed by atoms with Crippen molar-refractivity contribution >= 4 is 0 Å². The number of halogens is 1. The minimum atomic E-state index is -0.167. The molecule has 16 heavy (non-hydrogen) atoms. The Morgan fingerprint density at radius 3 is 2.44 bits per heavy atom. The molecule has 88 valence electrons. The van der Waals surface area contributed by atoms with Gasteiger partial charge in [-0.3, -0.25) is 0 Å². The topological polar surface area (TPSA) is 9.23 Å². The van der Waals surface area contributed by atoms with Crippen molar-refractivity contribution in [2.75, 3.05) is 13.2 Å². The molecule has 0 radical (unpaired) electrons. The first-order valence-corrected chi connectivity index (χ1v) is 5.99. The van der Waals surface area contributed by atoms with Crippen LogP contribution in [0.15, 0.2) is 24.3 Å². The lowest BCUT2D eigenvalue weighted by Crippen LogP contribution is -2.40. The van der Waals surface area contributed by atoms with E-state index in [1.165, 1.54) is 5.56 Å². The molecule has 1 unspecified atom stereocenters. The molecule has 1 aliphatic rings. The molecule has 0 spiro atoms. The zero-order valence-corrected chi connectivity index (χ0v) is 10.0. The minimum absolute atomic E-state index is 0.0753. The fourth-order valence-electron chi connectivity index (χ4n) is 2.61. The van der Waals surface area contributed by atoms with Crippen molar-refractivity contribution in [2.24, 2.45) is 5.92 Å². The Bertz CT molecular complexity index is 336. The first-order valence-electron chi connectivity index (χ1n) is 5.99. The second-order valence-electron chi connectivity index (χ2n) is 4.97. The van der Waals surface area contributed by atoms with Crippen LogP contribution in [0.4, 0.5) is 4.39 Å². The van der Waals surface area contributed by atoms with Crippen molar-refractivity contribution in [3.8, 4) is 0 Å². The van der Waals surface area contributed by atoms with E-state index in [0.717, 1.165) is 26.1 Å². The van der Waals surface area contributed by atoms with Gasteiger partial charge < -0.3 is 4.74 Å². The summed E-state index contributed by atoms with van der Waals surface area (Å²) in [6.07, 6.45) is 2.23. The highest BCUT2D eigenvalue weighted by Crippen LogP contribution is 2.39. The van der Waals surface area contributed by atoms with Gasteiger partial charge in [0.2, 0.25) is 0 Å². The van der Waals surface area contributed by atoms with E-state index >= 15 is 0 Å². The summed E-state index contributed by atoms with van der Waals surface area (Å²) < 4.78 is 18.6. The molecule has 1 fully saturated rings. The minimum Gasteiger partial charge on any atom is -0.381 e. The normalized spacial score (nSPS) is 26.0. The van der Waals surface area contributed by atoms with Crippen LogP contribution in [0, 0.1) is 11.7 Å². The smallest absolute Gasteiger partial charge is 0.123 e. The van der Waals surface area contributed by atoms with Crippen molar-refractivity contribution in [1.82, 2.24) is 0 Å². The van der Waals surface area contributed by atoms with E-state index in [9.17, 15) is 4.39 Å². The van der Waals surface area contributed by atoms with Crippen molar-refractivity contribution in [2.45, 2.75) is 32.1 Å². The summed E-state index contributed by atoms with van der Waals surface area (Å²) in [4.78, 5) is 0. The van der Waals surface area contributed by atoms with Crippen LogP contribution in [0.25, 0.3) is 0 Å². The highest BCUT2D eigenvalue weighted by Gasteiger charge is 2.37. The van der Waals surface area contributed by atoms with Gasteiger partial charge in [0.1, 0.15) is 5.82 Å². The molecular formula is C14H19FO. The van der Waals surface area contributed by atoms with Crippen LogP contribution in [0.1, 0.15) is 32.3 Å². The second-order valence-corrected chi connectivity index (χ2v) is 4.97. The Morgan fingerprint density at radius 1 is 1.25 bits per heavy atom. The molecule has 2 heteroatoms. The summed E-state index contributed by atoms with van der Waals surface area (Å²) in [5.74, 6) is 0.345. The number of benzene rings is 1. The van der Waals surface area contributed by atoms with E-state index < -0.39 is 0 Å². The summed E-state index contributed by atoms with van der Waals surface area (Å²) in [5.41, 5.74) is 1.29. The number of ether oxygens (including phenoxy) is 1. The van der Waals surface area contributed by atoms with Gasteiger partial charge in [0.05, 0.1) is 6.61 Å². The van der Waals surface area contributed by atoms with Crippen molar-refractivity contribution in [3.63, 3.8) is 0 Å². The van der Waals surface area contributed by atoms with Crippen molar-refractivity contribution < 1.29 is 9.13 Å². The first-order chi connectivity index (χ1) is 7.65. The average Bonchev–Trinajstić information content (AvgIpc) is 2.30. The van der Waals surface area contributed by atoms with Crippen LogP contribution in [-0.4, -0.2) is 13.2 Å². The van der Waals surface area contributed by atoms with Gasteiger partial charge in [-0.25, -0.2) is 4.39 Å². The summed E-state index contributed by atoms with van der Waals surface area (Å²) >= 11 is 0. The monoisotopic (exact) mass is 222 g/mol. The van der Waals surface area contributed by atoms with Gasteiger partial charge in [-0.1, -0.05) is 26.0 Å². The lowest BCUT2D eigenvalue weighted by Gasteiger charge is -2.41. The molecule has 1 atom stereocenters. The zero-order chi connectivity index (χ0) is 11.6. The van der Waals surface area contributed by atoms with Gasteiger partial charge in [0.25, 0.3) is 0 Å². The highest BCUT2D eigenvalue weighted by molar-refractivity contribution is 5.27. The van der Waals surface area contributed by atoms with Crippen LogP contribution >= 0.6 is 0 Å². The van der Waals surface area contributed by atoms with Crippen molar-refractivity contribution in [1.29, 1.82) is 0 Å². The molecule has 0 bridgehead atoms. The van der Waals surface area contributed by atoms with Crippen LogP contribution in [-0.2, 0) is 10.2 Å². The molecule has 0 saturated carbocycles. The van der Waals surface area contributed by atoms with Crippen LogP contribution in [0.3, 0.4) is 0 Å². The Morgan fingerprint density at radius 2 is 1.94 bits per heavy atom. The molecule has 0 amide bonds. The van der Waals surface area contributed by atoms with Gasteiger partial charge >= 0.3 is 0 Å². The maximum atomic E-state index is 12.9. The fraction of sp³-hybridized carbons (Fsp3) is 0.571. The maximum Gasteiger partial charge on any atom is 0.123 e. The molecule has 0 N–H and O–H groups in total. The Hall–Kier alpha value is -0.890. The Balaban J connectivity index is 2.34. The van der Waals surface area contributed by atoms with Gasteiger partial charge in [-0.15, -0.1) is 0 Å². The molecule has 1 nitrogen and oxygen atoms in total. The third-order valence-corrected chi connectivity index (χ3v) is 3.80. The molecule has 1 saturated heterocycles. The van der Waals surface area contributed by atoms with E-state index in [2.05, 4.69) is 13.8 Å². The van der Waals surface area contributed by atoms with Gasteiger partial charge in [0.15, 0.2) is 0 Å². The molecule has 2 rings (SSSR count). The SMILES string of the molecule is CC(C)C1(c2ccc(F)cc2)CCCOC1. The van der Waals surface area contributed by atoms with E-state index in [1.54, 1.807) is 12.1 Å². The summed E-state index contributed by atoms with van der Waals surface area (Å²) in [6.45, 7) is 6.06. The molecule has 1 heterocycles. The average molecular weight is 222 g/mol. The highest BCUT2D eigenvalue weighted by atomic mass is 19.1. The maximum absolute atomic E-state index is 12.9. The summed E-state index contributed by atoms with van der Waals surface area (Å²) in [5, 5.41) is 0. The van der Waals surface area contributed by atoms with Crippen LogP contribution in [0.2, 0.25) is 0 Å². The second kappa shape index (κ2) is 4.54. The third-order valence-electron chi connectivity index (χ3n) is 3.80. The molecular weight excluding hydrogens is 203 g/mol. The molecule has 1 aliphatic heterocycles. The number of hydrogen-bond acceptors (Lipinski definition) is 1. The van der Waals surface area contributed by atoms with Gasteiger partial charge in [-0.05, 0) is 36.5 Å². The Labute approximate surface area is 96.6 Å². The van der Waals surface area contributed by atoms with E-state index in [-0.39, 0.29) is 11.2 Å². The lowest BCUT2D eigenvalue weighted by atomic mass is 9.68. The largest absolute Gasteiger partial charge is 0.381 e. The number of hydrogen-bond donors (Lipinski definition) is 0. The quantitative estimate of drug-likeness (QED) is 0.743. The molecule has 1 aromatic rings. The number of rotatable bonds is 2. The zero-order valence-electron chi connectivity index (χ0n) is 10.0. The first kappa shape index (κ1) is 11.6. The van der Waals surface area contributed by atoms with E-state index in [0.29, 0.717) is 5.92 Å². The lowest BCUT2D eigenvalue weighted by molar-refractivity contribution is 0.0131. The van der Waals surface area contributed by atoms with Crippen LogP contribution < -0.4 is 0 Å². The van der Waals surface area contributed by atoms with Crippen LogP contribution in [0.5, 0.6) is 0 Å². The predicted molar refractivity (Wildman–Crippen MR) is 63.0 cm³/mol. The van der Waals surface area contributed by atoms with Crippen molar-refractivity contribution in [3.05, 3.63) is 35.6 Å². The molecule has 0 aromatic heterocycles. The predicted octanol–water partition coefficient (Wildman–Crippen LogP) is 3.53. The van der Waals surface area contributed by atoms with Gasteiger partial charge in [0, 0.05) is 12.0 Å². The Kier molecular flexibility index (Phi) is 3.29. The summed E-state index contributed by atoms with van der Waals surface area (Å²) in [6, 6.07) is 6.91. The third kappa shape index (κ3) is 1.99. The van der Waals surface area contributed by atoms with Gasteiger partial charge in [-0.2, -0.15) is 0 Å². The summed E-state index contributed by atoms with van der Waals surface area (Å²) in [7, 11) is 0.